The predicted molar refractivity (Wildman–Crippen MR) is 82.3 cm³/mol. The number of carboxylic acid groups (broad SMARTS) is 1. The SMILES string of the molecule is CC(CCN1Cc2cc(Br)sc2C1=O)(C(=O)O)S(C)(=O)=O. The van der Waals surface area contributed by atoms with E-state index in [-0.39, 0.29) is 18.9 Å². The molecule has 1 aromatic heterocycles. The summed E-state index contributed by atoms with van der Waals surface area (Å²) in [7, 11) is -3.78. The van der Waals surface area contributed by atoms with E-state index in [2.05, 4.69) is 15.9 Å². The van der Waals surface area contributed by atoms with Gasteiger partial charge in [-0.25, -0.2) is 8.42 Å². The van der Waals surface area contributed by atoms with Crippen LogP contribution in [0, 0.1) is 0 Å². The fraction of sp³-hybridized carbons (Fsp3) is 0.500. The highest BCUT2D eigenvalue weighted by Crippen LogP contribution is 2.34. The van der Waals surface area contributed by atoms with E-state index in [1.807, 2.05) is 6.07 Å². The Bertz CT molecular complexity index is 711. The molecule has 0 bridgehead atoms. The van der Waals surface area contributed by atoms with E-state index in [0.717, 1.165) is 15.6 Å². The zero-order valence-electron chi connectivity index (χ0n) is 11.4. The second-order valence-electron chi connectivity index (χ2n) is 5.19. The molecule has 1 aliphatic rings. The Morgan fingerprint density at radius 3 is 2.67 bits per heavy atom. The maximum atomic E-state index is 12.2. The van der Waals surface area contributed by atoms with Crippen LogP contribution in [0.1, 0.15) is 28.6 Å². The second-order valence-corrected chi connectivity index (χ2v) is 10.1. The number of carbonyl (C=O) groups is 2. The van der Waals surface area contributed by atoms with E-state index < -0.39 is 20.6 Å². The summed E-state index contributed by atoms with van der Waals surface area (Å²) in [6.45, 7) is 1.65. The summed E-state index contributed by atoms with van der Waals surface area (Å²) in [6.07, 6.45) is 0.768. The first-order valence-corrected chi connectivity index (χ1v) is 9.57. The molecule has 0 radical (unpaired) electrons. The van der Waals surface area contributed by atoms with Crippen LogP contribution < -0.4 is 0 Å². The van der Waals surface area contributed by atoms with Crippen molar-refractivity contribution in [1.82, 2.24) is 4.90 Å². The van der Waals surface area contributed by atoms with Gasteiger partial charge in [-0.05, 0) is 40.9 Å². The molecule has 116 valence electrons. The number of aliphatic carboxylic acids is 1. The van der Waals surface area contributed by atoms with E-state index in [0.29, 0.717) is 11.4 Å². The fourth-order valence-corrected chi connectivity index (χ4v) is 4.50. The van der Waals surface area contributed by atoms with Crippen LogP contribution in [0.25, 0.3) is 0 Å². The molecular formula is C12H14BrNO5S2. The summed E-state index contributed by atoms with van der Waals surface area (Å²) in [5.41, 5.74) is 0.883. The number of halogens is 1. The Balaban J connectivity index is 2.13. The Morgan fingerprint density at radius 2 is 2.19 bits per heavy atom. The highest BCUT2D eigenvalue weighted by molar-refractivity contribution is 9.11. The van der Waals surface area contributed by atoms with Gasteiger partial charge < -0.3 is 10.0 Å². The Kier molecular flexibility index (Phi) is 4.20. The van der Waals surface area contributed by atoms with Crippen LogP contribution in [0.2, 0.25) is 0 Å². The van der Waals surface area contributed by atoms with Crippen LogP contribution in [0.15, 0.2) is 9.85 Å². The summed E-state index contributed by atoms with van der Waals surface area (Å²) < 4.78 is 22.4. The molecule has 9 heteroatoms. The number of carbonyl (C=O) groups excluding carboxylic acids is 1. The second kappa shape index (κ2) is 5.36. The summed E-state index contributed by atoms with van der Waals surface area (Å²) in [5, 5.41) is 9.19. The summed E-state index contributed by atoms with van der Waals surface area (Å²) in [5.74, 6) is -1.57. The maximum absolute atomic E-state index is 12.2. The molecule has 0 saturated carbocycles. The molecule has 1 atom stereocenters. The van der Waals surface area contributed by atoms with Crippen LogP contribution in [0.4, 0.5) is 0 Å². The van der Waals surface area contributed by atoms with E-state index in [4.69, 9.17) is 0 Å². The quantitative estimate of drug-likeness (QED) is 0.819. The average molecular weight is 396 g/mol. The molecule has 1 N–H and O–H groups in total. The molecule has 1 amide bonds. The molecule has 1 unspecified atom stereocenters. The van der Waals surface area contributed by atoms with Crippen LogP contribution in [0.5, 0.6) is 0 Å². The van der Waals surface area contributed by atoms with Crippen molar-refractivity contribution in [1.29, 1.82) is 0 Å². The van der Waals surface area contributed by atoms with Crippen LogP contribution in [-0.4, -0.2) is 47.8 Å². The van der Waals surface area contributed by atoms with Crippen molar-refractivity contribution in [2.75, 3.05) is 12.8 Å². The minimum Gasteiger partial charge on any atom is -0.480 e. The van der Waals surface area contributed by atoms with E-state index in [1.54, 1.807) is 0 Å². The Hall–Kier alpha value is -0.930. The molecule has 6 nitrogen and oxygen atoms in total. The fourth-order valence-electron chi connectivity index (χ4n) is 2.09. The first-order valence-electron chi connectivity index (χ1n) is 6.07. The molecule has 1 aliphatic heterocycles. The van der Waals surface area contributed by atoms with Crippen molar-refractivity contribution in [2.45, 2.75) is 24.6 Å². The lowest BCUT2D eigenvalue weighted by Gasteiger charge is -2.25. The van der Waals surface area contributed by atoms with Gasteiger partial charge in [0.2, 0.25) is 0 Å². The minimum atomic E-state index is -3.78. The number of rotatable bonds is 5. The molecule has 0 aromatic carbocycles. The van der Waals surface area contributed by atoms with Gasteiger partial charge in [-0.15, -0.1) is 11.3 Å². The zero-order chi connectivity index (χ0) is 16.0. The minimum absolute atomic E-state index is 0.0910. The van der Waals surface area contributed by atoms with E-state index in [1.165, 1.54) is 23.2 Å². The average Bonchev–Trinajstić information content (AvgIpc) is 2.83. The summed E-state index contributed by atoms with van der Waals surface area (Å²) in [4.78, 5) is 25.6. The molecule has 0 saturated heterocycles. The zero-order valence-corrected chi connectivity index (χ0v) is 14.6. The highest BCUT2D eigenvalue weighted by Gasteiger charge is 2.44. The lowest BCUT2D eigenvalue weighted by Crippen LogP contribution is -2.45. The highest BCUT2D eigenvalue weighted by atomic mass is 79.9. The number of hydrogen-bond donors (Lipinski definition) is 1. The van der Waals surface area contributed by atoms with Crippen molar-refractivity contribution in [3.8, 4) is 0 Å². The van der Waals surface area contributed by atoms with Gasteiger partial charge in [-0.2, -0.15) is 0 Å². The van der Waals surface area contributed by atoms with Crippen LogP contribution >= 0.6 is 27.3 Å². The third kappa shape index (κ3) is 2.86. The van der Waals surface area contributed by atoms with Crippen LogP contribution in [-0.2, 0) is 21.2 Å². The van der Waals surface area contributed by atoms with Crippen LogP contribution in [0.3, 0.4) is 0 Å². The topological polar surface area (TPSA) is 91.8 Å². The number of sulfone groups is 1. The van der Waals surface area contributed by atoms with Crippen molar-refractivity contribution in [2.24, 2.45) is 0 Å². The van der Waals surface area contributed by atoms with E-state index in [9.17, 15) is 23.1 Å². The lowest BCUT2D eigenvalue weighted by molar-refractivity contribution is -0.139. The van der Waals surface area contributed by atoms with E-state index >= 15 is 0 Å². The van der Waals surface area contributed by atoms with Gasteiger partial charge in [0.1, 0.15) is 0 Å². The summed E-state index contributed by atoms with van der Waals surface area (Å²) >= 11 is 4.64. The first kappa shape index (κ1) is 16.4. The predicted octanol–water partition coefficient (Wildman–Crippen LogP) is 1.74. The lowest BCUT2D eigenvalue weighted by atomic mass is 10.1. The first-order chi connectivity index (χ1) is 9.56. The largest absolute Gasteiger partial charge is 0.480 e. The Labute approximate surface area is 134 Å². The third-order valence-electron chi connectivity index (χ3n) is 3.75. The number of hydrogen-bond acceptors (Lipinski definition) is 5. The molecular weight excluding hydrogens is 382 g/mol. The molecule has 21 heavy (non-hydrogen) atoms. The van der Waals surface area contributed by atoms with Gasteiger partial charge in [0.25, 0.3) is 5.91 Å². The van der Waals surface area contributed by atoms with Crippen molar-refractivity contribution in [3.63, 3.8) is 0 Å². The number of thiophene rings is 1. The number of fused-ring (bicyclic) bond motifs is 1. The van der Waals surface area contributed by atoms with Gasteiger partial charge in [0.15, 0.2) is 14.6 Å². The van der Waals surface area contributed by atoms with Crippen molar-refractivity contribution >= 4 is 49.0 Å². The molecule has 0 fully saturated rings. The molecule has 2 rings (SSSR count). The van der Waals surface area contributed by atoms with Crippen molar-refractivity contribution in [3.05, 3.63) is 20.3 Å². The van der Waals surface area contributed by atoms with Gasteiger partial charge in [0.05, 0.1) is 8.66 Å². The Morgan fingerprint density at radius 1 is 1.57 bits per heavy atom. The number of amides is 1. The number of carboxylic acids is 1. The molecule has 1 aromatic rings. The van der Waals surface area contributed by atoms with Gasteiger partial charge >= 0.3 is 5.97 Å². The maximum Gasteiger partial charge on any atom is 0.324 e. The van der Waals surface area contributed by atoms with Crippen molar-refractivity contribution < 1.29 is 23.1 Å². The normalized spacial score (nSPS) is 17.7. The van der Waals surface area contributed by atoms with Gasteiger partial charge in [0, 0.05) is 19.3 Å². The standard InChI is InChI=1S/C12H14BrNO5S2/c1-12(11(16)17,21(2,18)19)3-4-14-6-7-5-8(13)20-9(7)10(14)15/h5H,3-4,6H2,1-2H3,(H,16,17). The molecule has 0 aliphatic carbocycles. The molecule has 0 spiro atoms. The smallest absolute Gasteiger partial charge is 0.324 e. The van der Waals surface area contributed by atoms with Gasteiger partial charge in [-0.3, -0.25) is 9.59 Å². The number of nitrogens with zero attached hydrogens (tertiary/aromatic N) is 1. The summed E-state index contributed by atoms with van der Waals surface area (Å²) in [6, 6.07) is 1.85. The third-order valence-corrected chi connectivity index (χ3v) is 7.43. The van der Waals surface area contributed by atoms with Gasteiger partial charge in [-0.1, -0.05) is 0 Å². The monoisotopic (exact) mass is 395 g/mol. The molecule has 2 heterocycles.